The Hall–Kier alpha value is -1.40. The number of aryl methyl sites for hydroxylation is 1. The first kappa shape index (κ1) is 17.7. The van der Waals surface area contributed by atoms with Gasteiger partial charge >= 0.3 is 5.97 Å². The van der Waals surface area contributed by atoms with Crippen LogP contribution in [0.4, 0.5) is 5.00 Å². The second kappa shape index (κ2) is 8.14. The van der Waals surface area contributed by atoms with Gasteiger partial charge in [0.2, 0.25) is 5.91 Å². The molecule has 0 aliphatic rings. The van der Waals surface area contributed by atoms with Crippen molar-refractivity contribution >= 4 is 28.2 Å². The van der Waals surface area contributed by atoms with Crippen LogP contribution in [-0.4, -0.2) is 31.1 Å². The van der Waals surface area contributed by atoms with Crippen molar-refractivity contribution in [3.05, 3.63) is 16.0 Å². The molecule has 0 saturated heterocycles. The van der Waals surface area contributed by atoms with Crippen molar-refractivity contribution in [1.29, 1.82) is 0 Å². The number of ether oxygens (including phenoxy) is 1. The zero-order valence-corrected chi connectivity index (χ0v) is 14.1. The number of carbonyl (C=O) groups excluding carboxylic acids is 2. The molecule has 21 heavy (non-hydrogen) atoms. The van der Waals surface area contributed by atoms with Gasteiger partial charge in [-0.2, -0.15) is 0 Å². The summed E-state index contributed by atoms with van der Waals surface area (Å²) in [5.41, 5.74) is 1.33. The number of hydrogen-bond acceptors (Lipinski definition) is 5. The van der Waals surface area contributed by atoms with Crippen molar-refractivity contribution in [1.82, 2.24) is 5.32 Å². The van der Waals surface area contributed by atoms with Gasteiger partial charge in [0.15, 0.2) is 0 Å². The van der Waals surface area contributed by atoms with Crippen molar-refractivity contribution in [2.45, 2.75) is 47.1 Å². The third-order valence-electron chi connectivity index (χ3n) is 3.34. The molecule has 0 aromatic carbocycles. The summed E-state index contributed by atoms with van der Waals surface area (Å²) >= 11 is 1.40. The molecule has 1 aromatic rings. The lowest BCUT2D eigenvalue weighted by Gasteiger charge is -2.11. The van der Waals surface area contributed by atoms with Crippen molar-refractivity contribution in [3.63, 3.8) is 0 Å². The average Bonchev–Trinajstić information content (AvgIpc) is 2.71. The number of nitrogens with one attached hydrogen (secondary N) is 2. The van der Waals surface area contributed by atoms with Crippen molar-refractivity contribution in [2.24, 2.45) is 0 Å². The predicted molar refractivity (Wildman–Crippen MR) is 86.1 cm³/mol. The fourth-order valence-electron chi connectivity index (χ4n) is 1.75. The van der Waals surface area contributed by atoms with Crippen molar-refractivity contribution in [2.75, 3.05) is 18.5 Å². The Morgan fingerprint density at radius 3 is 2.52 bits per heavy atom. The molecular formula is C15H24N2O3S. The number of thiophene rings is 1. The van der Waals surface area contributed by atoms with Gasteiger partial charge in [-0.3, -0.25) is 4.79 Å². The summed E-state index contributed by atoms with van der Waals surface area (Å²) in [4.78, 5) is 25.0. The summed E-state index contributed by atoms with van der Waals surface area (Å²) in [6, 6.07) is 0.284. The van der Waals surface area contributed by atoms with E-state index in [9.17, 15) is 9.59 Å². The highest BCUT2D eigenvalue weighted by Crippen LogP contribution is 2.32. The molecule has 1 rings (SSSR count). The Labute approximate surface area is 130 Å². The molecule has 5 nitrogen and oxygen atoms in total. The number of hydrogen-bond donors (Lipinski definition) is 2. The van der Waals surface area contributed by atoms with E-state index in [-0.39, 0.29) is 24.5 Å². The summed E-state index contributed by atoms with van der Waals surface area (Å²) in [5, 5.41) is 6.50. The first-order valence-corrected chi connectivity index (χ1v) is 8.02. The minimum atomic E-state index is -0.385. The van der Waals surface area contributed by atoms with Gasteiger partial charge in [0.1, 0.15) is 5.00 Å². The Morgan fingerprint density at radius 2 is 1.95 bits per heavy atom. The van der Waals surface area contributed by atoms with Crippen LogP contribution in [0.3, 0.4) is 0 Å². The average molecular weight is 312 g/mol. The molecule has 0 aliphatic heterocycles. The van der Waals surface area contributed by atoms with Crippen LogP contribution in [0.15, 0.2) is 0 Å². The van der Waals surface area contributed by atoms with Crippen LogP contribution < -0.4 is 10.6 Å². The fraction of sp³-hybridized carbons (Fsp3) is 0.600. The number of rotatable bonds is 7. The van der Waals surface area contributed by atoms with Crippen LogP contribution in [0.25, 0.3) is 0 Å². The van der Waals surface area contributed by atoms with Crippen molar-refractivity contribution < 1.29 is 14.3 Å². The highest BCUT2D eigenvalue weighted by Gasteiger charge is 2.21. The van der Waals surface area contributed by atoms with Gasteiger partial charge in [0.25, 0.3) is 0 Å². The van der Waals surface area contributed by atoms with E-state index in [1.807, 2.05) is 20.8 Å². The molecule has 0 aliphatic carbocycles. The maximum atomic E-state index is 12.0. The monoisotopic (exact) mass is 312 g/mol. The molecule has 0 bridgehead atoms. The van der Waals surface area contributed by atoms with E-state index in [1.54, 1.807) is 6.92 Å². The molecule has 1 unspecified atom stereocenters. The molecule has 1 aromatic heterocycles. The second-order valence-corrected chi connectivity index (χ2v) is 6.17. The van der Waals surface area contributed by atoms with Gasteiger partial charge in [-0.25, -0.2) is 4.79 Å². The third kappa shape index (κ3) is 4.82. The Bertz CT molecular complexity index is 511. The first-order valence-electron chi connectivity index (χ1n) is 7.20. The summed E-state index contributed by atoms with van der Waals surface area (Å²) in [6.45, 7) is 10.2. The minimum absolute atomic E-state index is 0.151. The highest BCUT2D eigenvalue weighted by atomic mass is 32.1. The predicted octanol–water partition coefficient (Wildman–Crippen LogP) is 2.87. The zero-order chi connectivity index (χ0) is 16.0. The highest BCUT2D eigenvalue weighted by molar-refractivity contribution is 7.16. The standard InChI is InChI=1S/C15H24N2O3S/c1-6-9(3)16-8-12(18)17-14-13(15(19)20-7-2)10(4)11(5)21-14/h9,16H,6-8H2,1-5H3,(H,17,18). The van der Waals surface area contributed by atoms with Crippen LogP contribution in [-0.2, 0) is 9.53 Å². The summed E-state index contributed by atoms with van der Waals surface area (Å²) in [6.07, 6.45) is 0.957. The maximum absolute atomic E-state index is 12.0. The molecule has 0 saturated carbocycles. The zero-order valence-electron chi connectivity index (χ0n) is 13.3. The van der Waals surface area contributed by atoms with Crippen LogP contribution in [0, 0.1) is 13.8 Å². The largest absolute Gasteiger partial charge is 0.462 e. The van der Waals surface area contributed by atoms with E-state index in [1.165, 1.54) is 11.3 Å². The molecule has 1 amide bonds. The summed E-state index contributed by atoms with van der Waals surface area (Å²) in [7, 11) is 0. The maximum Gasteiger partial charge on any atom is 0.341 e. The first-order chi connectivity index (χ1) is 9.90. The van der Waals surface area contributed by atoms with Gasteiger partial charge in [0, 0.05) is 10.9 Å². The van der Waals surface area contributed by atoms with E-state index in [4.69, 9.17) is 4.74 Å². The molecule has 0 spiro atoms. The van der Waals surface area contributed by atoms with Gasteiger partial charge < -0.3 is 15.4 Å². The quantitative estimate of drug-likeness (QED) is 0.760. The Morgan fingerprint density at radius 1 is 1.29 bits per heavy atom. The van der Waals surface area contributed by atoms with E-state index in [0.717, 1.165) is 16.9 Å². The van der Waals surface area contributed by atoms with Gasteiger partial charge in [0.05, 0.1) is 18.7 Å². The van der Waals surface area contributed by atoms with E-state index < -0.39 is 0 Å². The molecule has 6 heteroatoms. The van der Waals surface area contributed by atoms with E-state index >= 15 is 0 Å². The Balaban J connectivity index is 2.81. The van der Waals surface area contributed by atoms with Gasteiger partial charge in [-0.1, -0.05) is 6.92 Å². The number of anilines is 1. The van der Waals surface area contributed by atoms with Crippen LogP contribution in [0.2, 0.25) is 0 Å². The lowest BCUT2D eigenvalue weighted by atomic mass is 10.1. The lowest BCUT2D eigenvalue weighted by Crippen LogP contribution is -2.34. The molecule has 0 fully saturated rings. The summed E-state index contributed by atoms with van der Waals surface area (Å²) < 4.78 is 5.06. The molecule has 1 atom stereocenters. The summed E-state index contributed by atoms with van der Waals surface area (Å²) in [5.74, 6) is -0.536. The number of esters is 1. The van der Waals surface area contributed by atoms with Gasteiger partial charge in [-0.05, 0) is 39.7 Å². The molecular weight excluding hydrogens is 288 g/mol. The second-order valence-electron chi connectivity index (χ2n) is 4.95. The third-order valence-corrected chi connectivity index (χ3v) is 4.46. The minimum Gasteiger partial charge on any atom is -0.462 e. The Kier molecular flexibility index (Phi) is 6.84. The number of carbonyl (C=O) groups is 2. The van der Waals surface area contributed by atoms with Crippen LogP contribution in [0.1, 0.15) is 48.0 Å². The molecule has 2 N–H and O–H groups in total. The molecule has 0 radical (unpaired) electrons. The van der Waals surface area contributed by atoms with E-state index in [2.05, 4.69) is 17.6 Å². The fourth-order valence-corrected chi connectivity index (χ4v) is 2.81. The normalized spacial score (nSPS) is 12.0. The molecule has 1 heterocycles. The smallest absolute Gasteiger partial charge is 0.341 e. The van der Waals surface area contributed by atoms with E-state index in [0.29, 0.717) is 17.2 Å². The topological polar surface area (TPSA) is 67.4 Å². The van der Waals surface area contributed by atoms with Crippen LogP contribution >= 0.6 is 11.3 Å². The van der Waals surface area contributed by atoms with Crippen molar-refractivity contribution in [3.8, 4) is 0 Å². The lowest BCUT2D eigenvalue weighted by molar-refractivity contribution is -0.115. The molecule has 118 valence electrons. The van der Waals surface area contributed by atoms with Gasteiger partial charge in [-0.15, -0.1) is 11.3 Å². The van der Waals surface area contributed by atoms with Crippen LogP contribution in [0.5, 0.6) is 0 Å². The SMILES string of the molecule is CCOC(=O)c1c(NC(=O)CNC(C)CC)sc(C)c1C. The number of amides is 1.